The van der Waals surface area contributed by atoms with Crippen LogP contribution in [0, 0.1) is 0 Å². The summed E-state index contributed by atoms with van der Waals surface area (Å²) in [5, 5.41) is 2.71. The summed E-state index contributed by atoms with van der Waals surface area (Å²) in [6.07, 6.45) is -2.00. The van der Waals surface area contributed by atoms with Gasteiger partial charge in [0.2, 0.25) is 17.7 Å². The van der Waals surface area contributed by atoms with Gasteiger partial charge in [-0.15, -0.1) is 0 Å². The van der Waals surface area contributed by atoms with Crippen LogP contribution in [-0.2, 0) is 52.5 Å². The van der Waals surface area contributed by atoms with Crippen LogP contribution in [0.3, 0.4) is 0 Å². The van der Waals surface area contributed by atoms with Gasteiger partial charge in [-0.05, 0) is 41.8 Å². The quantitative estimate of drug-likeness (QED) is 0.177. The molecule has 2 aromatic carbocycles. The van der Waals surface area contributed by atoms with Gasteiger partial charge >= 0.3 is 35.9 Å². The standard InChI is InChI=1S/C23H24NO9PS2/c1-15(25)33-36-34(35)32-23(28)31-19-11-6-17(7-12-19)14-20(22(27)30-3)24-21(26)13-8-16-4-9-18(29-2)10-5-16/h4-7,9-12,20H,8,13-14H2,1-3H3/p+1. The zero-order valence-electron chi connectivity index (χ0n) is 19.8. The smallest absolute Gasteiger partial charge is 0.497 e. The predicted molar refractivity (Wildman–Crippen MR) is 136 cm³/mol. The van der Waals surface area contributed by atoms with Gasteiger partial charge in [-0.25, -0.2) is 4.79 Å². The maximum atomic E-state index is 12.5. The number of aryl methyl sites for hydroxylation is 1. The van der Waals surface area contributed by atoms with E-state index in [4.69, 9.17) is 30.5 Å². The molecule has 1 N–H and O–H groups in total. The lowest BCUT2D eigenvalue weighted by atomic mass is 10.0. The molecule has 2 aromatic rings. The third kappa shape index (κ3) is 10.6. The molecule has 13 heteroatoms. The Balaban J connectivity index is 1.88. The minimum absolute atomic E-state index is 0.169. The summed E-state index contributed by atoms with van der Waals surface area (Å²) in [4.78, 5) is 47.3. The maximum Gasteiger partial charge on any atom is 0.560 e. The van der Waals surface area contributed by atoms with E-state index in [1.165, 1.54) is 26.2 Å². The molecular weight excluding hydrogens is 529 g/mol. The van der Waals surface area contributed by atoms with Gasteiger partial charge in [0, 0.05) is 19.8 Å². The van der Waals surface area contributed by atoms with Crippen molar-refractivity contribution < 1.29 is 42.1 Å². The van der Waals surface area contributed by atoms with Gasteiger partial charge in [-0.2, -0.15) is 9.32 Å². The van der Waals surface area contributed by atoms with Gasteiger partial charge in [-0.3, -0.25) is 9.59 Å². The summed E-state index contributed by atoms with van der Waals surface area (Å²) < 4.78 is 24.4. The van der Waals surface area contributed by atoms with E-state index in [0.29, 0.717) is 23.6 Å². The first-order valence-electron chi connectivity index (χ1n) is 10.5. The third-order valence-electron chi connectivity index (χ3n) is 4.55. The normalized spacial score (nSPS) is 11.5. The summed E-state index contributed by atoms with van der Waals surface area (Å²) >= 11 is 5.46. The van der Waals surface area contributed by atoms with Crippen LogP contribution in [0.15, 0.2) is 48.5 Å². The molecule has 1 amide bonds. The Morgan fingerprint density at radius 1 is 0.972 bits per heavy atom. The molecule has 0 heterocycles. The average molecular weight is 555 g/mol. The van der Waals surface area contributed by atoms with Crippen molar-refractivity contribution in [2.45, 2.75) is 32.2 Å². The molecule has 0 aliphatic carbocycles. The molecule has 0 aliphatic rings. The van der Waals surface area contributed by atoms with Crippen molar-refractivity contribution in [3.05, 3.63) is 59.7 Å². The average Bonchev–Trinajstić information content (AvgIpc) is 2.86. The molecule has 0 spiro atoms. The number of methoxy groups -OCH3 is 2. The maximum absolute atomic E-state index is 12.5. The molecule has 2 rings (SSSR count). The summed E-state index contributed by atoms with van der Waals surface area (Å²) in [6, 6.07) is 12.7. The van der Waals surface area contributed by atoms with E-state index in [0.717, 1.165) is 11.3 Å². The largest absolute Gasteiger partial charge is 0.560 e. The van der Waals surface area contributed by atoms with Crippen molar-refractivity contribution in [3.63, 3.8) is 0 Å². The zero-order valence-corrected chi connectivity index (χ0v) is 22.3. The number of hydrogen-bond donors (Lipinski definition) is 1. The van der Waals surface area contributed by atoms with Crippen LogP contribution >= 0.6 is 17.8 Å². The molecule has 36 heavy (non-hydrogen) atoms. The minimum atomic E-state index is -1.82. The van der Waals surface area contributed by atoms with Crippen LogP contribution in [0.4, 0.5) is 4.79 Å². The minimum Gasteiger partial charge on any atom is -0.497 e. The summed E-state index contributed by atoms with van der Waals surface area (Å²) in [5.41, 5.74) is 1.65. The van der Waals surface area contributed by atoms with Gasteiger partial charge in [0.25, 0.3) is 0 Å². The number of nitrogens with one attached hydrogen (secondary N) is 1. The molecule has 2 atom stereocenters. The fraction of sp³-hybridized carbons (Fsp3) is 0.304. The van der Waals surface area contributed by atoms with Crippen LogP contribution in [0.2, 0.25) is 0 Å². The predicted octanol–water partition coefficient (Wildman–Crippen LogP) is 4.03. The van der Waals surface area contributed by atoms with Crippen LogP contribution in [0.1, 0.15) is 24.5 Å². The first kappa shape index (κ1) is 29.0. The third-order valence-corrected chi connectivity index (χ3v) is 6.86. The van der Waals surface area contributed by atoms with Crippen molar-refractivity contribution in [2.24, 2.45) is 0 Å². The molecule has 10 nitrogen and oxygen atoms in total. The van der Waals surface area contributed by atoms with E-state index >= 15 is 0 Å². The number of ether oxygens (including phenoxy) is 3. The van der Waals surface area contributed by atoms with Crippen LogP contribution < -0.4 is 14.8 Å². The van der Waals surface area contributed by atoms with E-state index in [1.807, 2.05) is 24.3 Å². The van der Waals surface area contributed by atoms with E-state index in [2.05, 4.69) is 9.50 Å². The summed E-state index contributed by atoms with van der Waals surface area (Å²) in [5.74, 6) is -0.538. The highest BCUT2D eigenvalue weighted by molar-refractivity contribution is 8.61. The Hall–Kier alpha value is -3.21. The Morgan fingerprint density at radius 2 is 1.58 bits per heavy atom. The highest BCUT2D eigenvalue weighted by atomic mass is 32.9. The molecule has 2 unspecified atom stereocenters. The van der Waals surface area contributed by atoms with E-state index in [1.54, 1.807) is 19.2 Å². The second kappa shape index (κ2) is 15.0. The Morgan fingerprint density at radius 3 is 2.17 bits per heavy atom. The second-order valence-electron chi connectivity index (χ2n) is 7.16. The van der Waals surface area contributed by atoms with Crippen molar-refractivity contribution in [1.29, 1.82) is 0 Å². The number of rotatable bonds is 12. The molecule has 0 saturated heterocycles. The summed E-state index contributed by atoms with van der Waals surface area (Å²) in [6.45, 7) is 1.20. The van der Waals surface area contributed by atoms with Crippen molar-refractivity contribution in [1.82, 2.24) is 5.32 Å². The number of esters is 1. The fourth-order valence-corrected chi connectivity index (χ4v) is 4.44. The van der Waals surface area contributed by atoms with Crippen LogP contribution in [0.5, 0.6) is 11.5 Å². The lowest BCUT2D eigenvalue weighted by molar-refractivity contribution is -0.145. The lowest BCUT2D eigenvalue weighted by Gasteiger charge is -2.17. The highest BCUT2D eigenvalue weighted by Crippen LogP contribution is 2.40. The molecular formula is C23H25NO9PS2+. The zero-order chi connectivity index (χ0) is 26.5. The number of carbonyl (C=O) groups excluding carboxylic acids is 4. The van der Waals surface area contributed by atoms with Crippen molar-refractivity contribution in [3.8, 4) is 11.5 Å². The van der Waals surface area contributed by atoms with Crippen molar-refractivity contribution >= 4 is 53.6 Å². The molecule has 192 valence electrons. The monoisotopic (exact) mass is 554 g/mol. The van der Waals surface area contributed by atoms with E-state index in [9.17, 15) is 19.2 Å². The first-order valence-corrected chi connectivity index (χ1v) is 14.1. The van der Waals surface area contributed by atoms with E-state index in [-0.39, 0.29) is 24.5 Å². The number of benzene rings is 2. The SMILES string of the molecule is COC(=O)C(Cc1ccc(OC(=O)O[P+](=S)SOC(C)=O)cc1)NC(=O)CCc1ccc(OC)cc1. The molecule has 0 fully saturated rings. The van der Waals surface area contributed by atoms with Gasteiger partial charge in [-0.1, -0.05) is 24.3 Å². The van der Waals surface area contributed by atoms with Crippen LogP contribution in [-0.4, -0.2) is 44.3 Å². The first-order chi connectivity index (χ1) is 17.2. The molecule has 0 saturated carbocycles. The van der Waals surface area contributed by atoms with Gasteiger partial charge in [0.15, 0.2) is 0 Å². The van der Waals surface area contributed by atoms with E-state index < -0.39 is 30.3 Å². The van der Waals surface area contributed by atoms with Crippen molar-refractivity contribution in [2.75, 3.05) is 14.2 Å². The van der Waals surface area contributed by atoms with Gasteiger partial charge in [0.05, 0.1) is 14.2 Å². The summed E-state index contributed by atoms with van der Waals surface area (Å²) in [7, 11) is 2.83. The lowest BCUT2D eigenvalue weighted by Crippen LogP contribution is -2.43. The highest BCUT2D eigenvalue weighted by Gasteiger charge is 2.26. The molecule has 0 aromatic heterocycles. The number of carbonyl (C=O) groups is 4. The van der Waals surface area contributed by atoms with Crippen LogP contribution in [0.25, 0.3) is 0 Å². The molecule has 0 radical (unpaired) electrons. The molecule has 0 bridgehead atoms. The second-order valence-corrected chi connectivity index (χ2v) is 11.2. The van der Waals surface area contributed by atoms with Gasteiger partial charge in [0.1, 0.15) is 17.5 Å². The Bertz CT molecular complexity index is 1080. The topological polar surface area (TPSA) is 126 Å². The number of amides is 1. The fourth-order valence-electron chi connectivity index (χ4n) is 2.86. The Kier molecular flexibility index (Phi) is 12.1. The number of hydrogen-bond acceptors (Lipinski definition) is 11. The Labute approximate surface area is 218 Å². The van der Waals surface area contributed by atoms with Gasteiger partial charge < -0.3 is 23.7 Å². The molecule has 0 aliphatic heterocycles.